The van der Waals surface area contributed by atoms with Gasteiger partial charge in [-0.15, -0.1) is 0 Å². The second-order valence-corrected chi connectivity index (χ2v) is 11.6. The number of benzene rings is 1. The molecule has 50 heavy (non-hydrogen) atoms. The summed E-state index contributed by atoms with van der Waals surface area (Å²) in [7, 11) is -5.84. The Morgan fingerprint density at radius 1 is 0.940 bits per heavy atom. The van der Waals surface area contributed by atoms with E-state index in [1.54, 1.807) is 38.1 Å². The molecule has 1 fully saturated rings. The molecule has 0 bridgehead atoms. The SMILES string of the molecule is CCOC(=O)CCNc1cc(C(=O)N[C@@H](CCC(=O)O)C(=O)N2CCN(C(=O)OCC)CC2)nc(-c2ccccc2)n1.O=S(=O)(O)C(F)(F)F. The van der Waals surface area contributed by atoms with Crippen LogP contribution in [0.2, 0.25) is 0 Å². The molecule has 1 aromatic carbocycles. The van der Waals surface area contributed by atoms with Gasteiger partial charge in [-0.3, -0.25) is 23.7 Å². The average Bonchev–Trinajstić information content (AvgIpc) is 3.06. The number of ether oxygens (including phenoxy) is 2. The van der Waals surface area contributed by atoms with E-state index >= 15 is 0 Å². The Morgan fingerprint density at radius 2 is 1.52 bits per heavy atom. The highest BCUT2D eigenvalue weighted by molar-refractivity contribution is 7.86. The number of nitrogens with one attached hydrogen (secondary N) is 2. The molecule has 1 aliphatic rings. The van der Waals surface area contributed by atoms with Gasteiger partial charge in [0.05, 0.1) is 19.6 Å². The Hall–Kier alpha value is -5.05. The van der Waals surface area contributed by atoms with Crippen molar-refractivity contribution >= 4 is 45.8 Å². The summed E-state index contributed by atoms with van der Waals surface area (Å²) in [4.78, 5) is 73.7. The zero-order valence-electron chi connectivity index (χ0n) is 27.0. The summed E-state index contributed by atoms with van der Waals surface area (Å²) >= 11 is 0. The Kier molecular flexibility index (Phi) is 15.8. The topological polar surface area (TPSA) is 235 Å². The van der Waals surface area contributed by atoms with Gasteiger partial charge in [0, 0.05) is 50.8 Å². The fourth-order valence-corrected chi connectivity index (χ4v) is 4.20. The lowest BCUT2D eigenvalue weighted by molar-refractivity contribution is -0.143. The predicted molar refractivity (Wildman–Crippen MR) is 168 cm³/mol. The maximum Gasteiger partial charge on any atom is 0.522 e. The number of esters is 1. The summed E-state index contributed by atoms with van der Waals surface area (Å²) in [5.74, 6) is -2.14. The lowest BCUT2D eigenvalue weighted by Crippen LogP contribution is -2.56. The molecule has 1 atom stereocenters. The van der Waals surface area contributed by atoms with E-state index in [0.29, 0.717) is 5.56 Å². The lowest BCUT2D eigenvalue weighted by atomic mass is 10.1. The van der Waals surface area contributed by atoms with Gasteiger partial charge in [0.1, 0.15) is 17.6 Å². The molecule has 1 aromatic heterocycles. The minimum absolute atomic E-state index is 0.0530. The van der Waals surface area contributed by atoms with Crippen molar-refractivity contribution in [2.45, 2.75) is 44.7 Å². The first-order valence-electron chi connectivity index (χ1n) is 15.1. The van der Waals surface area contributed by atoms with Crippen LogP contribution in [-0.2, 0) is 34.0 Å². The Morgan fingerprint density at radius 3 is 2.06 bits per heavy atom. The number of carbonyl (C=O) groups is 5. The maximum atomic E-state index is 13.4. The summed E-state index contributed by atoms with van der Waals surface area (Å²) in [5.41, 5.74) is -4.95. The van der Waals surface area contributed by atoms with Gasteiger partial charge in [-0.2, -0.15) is 21.6 Å². The number of aliphatic carboxylic acids is 1. The van der Waals surface area contributed by atoms with Crippen molar-refractivity contribution in [2.75, 3.05) is 51.3 Å². The molecule has 4 N–H and O–H groups in total. The van der Waals surface area contributed by atoms with E-state index in [-0.39, 0.29) is 88.5 Å². The minimum Gasteiger partial charge on any atom is -0.481 e. The number of nitrogens with zero attached hydrogens (tertiary/aromatic N) is 4. The van der Waals surface area contributed by atoms with Gasteiger partial charge in [0.15, 0.2) is 5.82 Å². The minimum atomic E-state index is -5.84. The fraction of sp³-hybridized carbons (Fsp3) is 0.483. The third-order valence-corrected chi connectivity index (χ3v) is 7.18. The number of amides is 3. The van der Waals surface area contributed by atoms with Crippen LogP contribution in [0.25, 0.3) is 11.4 Å². The molecular formula is C29H37F3N6O11S. The van der Waals surface area contributed by atoms with E-state index in [0.717, 1.165) is 0 Å². The first-order valence-corrected chi connectivity index (χ1v) is 16.5. The van der Waals surface area contributed by atoms with Crippen LogP contribution in [0.4, 0.5) is 23.8 Å². The molecule has 3 amide bonds. The smallest absolute Gasteiger partial charge is 0.481 e. The number of halogens is 3. The van der Waals surface area contributed by atoms with Crippen LogP contribution >= 0.6 is 0 Å². The number of hydrogen-bond acceptors (Lipinski definition) is 12. The predicted octanol–water partition coefficient (Wildman–Crippen LogP) is 2.17. The molecule has 276 valence electrons. The highest BCUT2D eigenvalue weighted by Crippen LogP contribution is 2.21. The van der Waals surface area contributed by atoms with Crippen molar-refractivity contribution in [1.29, 1.82) is 0 Å². The van der Waals surface area contributed by atoms with Gasteiger partial charge >= 0.3 is 33.7 Å². The molecule has 17 nitrogen and oxygen atoms in total. The van der Waals surface area contributed by atoms with Crippen LogP contribution in [0.15, 0.2) is 36.4 Å². The summed E-state index contributed by atoms with van der Waals surface area (Å²) in [6.07, 6.45) is -0.877. The van der Waals surface area contributed by atoms with E-state index < -0.39 is 45.5 Å². The summed E-state index contributed by atoms with van der Waals surface area (Å²) in [6, 6.07) is 9.21. The Balaban J connectivity index is 0.000000963. The number of alkyl halides is 3. The molecule has 2 aromatic rings. The fourth-order valence-electron chi connectivity index (χ4n) is 4.20. The Labute approximate surface area is 284 Å². The highest BCUT2D eigenvalue weighted by atomic mass is 32.2. The lowest BCUT2D eigenvalue weighted by Gasteiger charge is -2.35. The molecule has 2 heterocycles. The number of anilines is 1. The van der Waals surface area contributed by atoms with E-state index in [1.807, 2.05) is 6.07 Å². The van der Waals surface area contributed by atoms with Crippen LogP contribution < -0.4 is 10.6 Å². The third-order valence-electron chi connectivity index (χ3n) is 6.59. The summed E-state index contributed by atoms with van der Waals surface area (Å²) < 4.78 is 67.5. The zero-order chi connectivity index (χ0) is 37.5. The van der Waals surface area contributed by atoms with Crippen molar-refractivity contribution in [3.63, 3.8) is 0 Å². The number of rotatable bonds is 13. The van der Waals surface area contributed by atoms with E-state index in [4.69, 9.17) is 22.4 Å². The molecule has 0 unspecified atom stereocenters. The van der Waals surface area contributed by atoms with Crippen LogP contribution in [-0.4, -0.2) is 125 Å². The first-order chi connectivity index (χ1) is 23.5. The van der Waals surface area contributed by atoms with Crippen molar-refractivity contribution in [1.82, 2.24) is 25.1 Å². The molecule has 0 aliphatic carbocycles. The van der Waals surface area contributed by atoms with Crippen LogP contribution in [0.1, 0.15) is 43.6 Å². The monoisotopic (exact) mass is 734 g/mol. The number of carboxylic acid groups (broad SMARTS) is 1. The number of aromatic nitrogens is 2. The van der Waals surface area contributed by atoms with Gasteiger partial charge < -0.3 is 35.0 Å². The van der Waals surface area contributed by atoms with Crippen molar-refractivity contribution < 1.29 is 64.7 Å². The van der Waals surface area contributed by atoms with Gasteiger partial charge in [-0.25, -0.2) is 14.8 Å². The zero-order valence-corrected chi connectivity index (χ0v) is 27.8. The number of carbonyl (C=O) groups excluding carboxylic acids is 4. The van der Waals surface area contributed by atoms with E-state index in [9.17, 15) is 42.3 Å². The Bertz CT molecular complexity index is 1590. The van der Waals surface area contributed by atoms with Gasteiger partial charge in [-0.1, -0.05) is 30.3 Å². The van der Waals surface area contributed by atoms with Crippen LogP contribution in [0.3, 0.4) is 0 Å². The number of carboxylic acids is 1. The van der Waals surface area contributed by atoms with Crippen molar-refractivity contribution in [3.8, 4) is 11.4 Å². The average molecular weight is 735 g/mol. The largest absolute Gasteiger partial charge is 0.522 e. The van der Waals surface area contributed by atoms with Crippen LogP contribution in [0.5, 0.6) is 0 Å². The second-order valence-electron chi connectivity index (χ2n) is 10.2. The standard InChI is InChI=1S/C28H36N6O8.CHF3O3S/c1-3-41-24(37)12-13-29-22-18-21(30-25(32-22)19-8-6-5-7-9-19)26(38)31-20(10-11-23(35)36)27(39)33-14-16-34(17-15-33)28(40)42-4-2;2-1(3,4)8(5,6)7/h5-9,18,20H,3-4,10-17H2,1-2H3,(H,31,38)(H,35,36)(H,29,30,32);(H,5,6,7)/t20-;/m0./s1. The van der Waals surface area contributed by atoms with E-state index in [2.05, 4.69) is 20.6 Å². The van der Waals surface area contributed by atoms with Crippen molar-refractivity contribution in [2.24, 2.45) is 0 Å². The van der Waals surface area contributed by atoms with Gasteiger partial charge in [0.25, 0.3) is 5.91 Å². The third kappa shape index (κ3) is 13.5. The normalized spacial score (nSPS) is 13.6. The quantitative estimate of drug-likeness (QED) is 0.131. The number of piperazine rings is 1. The molecule has 3 rings (SSSR count). The summed E-state index contributed by atoms with van der Waals surface area (Å²) in [5, 5.41) is 14.9. The molecule has 1 aliphatic heterocycles. The molecular weight excluding hydrogens is 697 g/mol. The summed E-state index contributed by atoms with van der Waals surface area (Å²) in [6.45, 7) is 5.02. The van der Waals surface area contributed by atoms with Crippen molar-refractivity contribution in [3.05, 3.63) is 42.1 Å². The maximum absolute atomic E-state index is 13.4. The second kappa shape index (κ2) is 19.2. The van der Waals surface area contributed by atoms with Gasteiger partial charge in [0.2, 0.25) is 5.91 Å². The molecule has 1 saturated heterocycles. The molecule has 21 heteroatoms. The first kappa shape index (κ1) is 41.1. The molecule has 0 saturated carbocycles. The molecule has 0 spiro atoms. The van der Waals surface area contributed by atoms with Gasteiger partial charge in [-0.05, 0) is 20.3 Å². The number of hydrogen-bond donors (Lipinski definition) is 4. The van der Waals surface area contributed by atoms with Crippen LogP contribution in [0, 0.1) is 0 Å². The molecule has 0 radical (unpaired) electrons. The highest BCUT2D eigenvalue weighted by Gasteiger charge is 2.44. The van der Waals surface area contributed by atoms with E-state index in [1.165, 1.54) is 15.9 Å².